The molecule has 2 aromatic rings. The molecule has 0 aliphatic heterocycles. The largest absolute Gasteiger partial charge is 0.497 e. The molecule has 0 amide bonds. The molecule has 0 spiro atoms. The van der Waals surface area contributed by atoms with Gasteiger partial charge in [0.25, 0.3) is 0 Å². The molecule has 3 nitrogen and oxygen atoms in total. The summed E-state index contributed by atoms with van der Waals surface area (Å²) in [4.78, 5) is 0. The third-order valence-electron chi connectivity index (χ3n) is 4.01. The molecule has 1 atom stereocenters. The van der Waals surface area contributed by atoms with Crippen molar-refractivity contribution in [3.05, 3.63) is 65.2 Å². The quantitative estimate of drug-likeness (QED) is 0.935. The van der Waals surface area contributed by atoms with Crippen molar-refractivity contribution in [2.24, 2.45) is 5.41 Å². The first-order chi connectivity index (χ1) is 10.3. The minimum absolute atomic E-state index is 0.446. The van der Waals surface area contributed by atoms with Crippen LogP contribution in [-0.4, -0.2) is 12.2 Å². The fraction of sp³-hybridized carbons (Fsp3) is 0.316. The lowest BCUT2D eigenvalue weighted by Gasteiger charge is -2.41. The number of rotatable bonds is 3. The van der Waals surface area contributed by atoms with Gasteiger partial charge in [0.05, 0.1) is 18.7 Å². The topological polar surface area (TPSA) is 53.2 Å². The van der Waals surface area contributed by atoms with Gasteiger partial charge >= 0.3 is 0 Å². The molecule has 2 rings (SSSR count). The summed E-state index contributed by atoms with van der Waals surface area (Å²) in [7, 11) is 1.57. The monoisotopic (exact) mass is 295 g/mol. The molecular formula is C19H21NO2. The summed E-state index contributed by atoms with van der Waals surface area (Å²) in [5.74, 6) is 0.618. The Hall–Kier alpha value is -2.31. The highest BCUT2D eigenvalue weighted by Gasteiger charge is 2.44. The van der Waals surface area contributed by atoms with Gasteiger partial charge in [0, 0.05) is 5.56 Å². The van der Waals surface area contributed by atoms with Crippen LogP contribution in [-0.2, 0) is 5.60 Å². The Morgan fingerprint density at radius 2 is 1.68 bits per heavy atom. The molecule has 0 saturated heterocycles. The molecule has 22 heavy (non-hydrogen) atoms. The lowest BCUT2D eigenvalue weighted by atomic mass is 9.67. The average Bonchev–Trinajstić information content (AvgIpc) is 2.53. The Bertz CT molecular complexity index is 696. The highest BCUT2D eigenvalue weighted by Crippen LogP contribution is 2.46. The molecule has 1 N–H and O–H groups in total. The summed E-state index contributed by atoms with van der Waals surface area (Å²) in [5, 5.41) is 21.1. The Morgan fingerprint density at radius 1 is 1.05 bits per heavy atom. The molecule has 1 unspecified atom stereocenters. The summed E-state index contributed by atoms with van der Waals surface area (Å²) in [6.45, 7) is 5.88. The first kappa shape index (κ1) is 16.1. The molecule has 114 valence electrons. The molecule has 0 aliphatic rings. The molecule has 3 heteroatoms. The van der Waals surface area contributed by atoms with E-state index in [1.54, 1.807) is 25.3 Å². The van der Waals surface area contributed by atoms with E-state index in [0.717, 1.165) is 5.56 Å². The first-order valence-corrected chi connectivity index (χ1v) is 7.21. The number of ether oxygens (including phenoxy) is 1. The maximum absolute atomic E-state index is 11.6. The van der Waals surface area contributed by atoms with Crippen molar-refractivity contribution in [1.82, 2.24) is 0 Å². The van der Waals surface area contributed by atoms with Crippen LogP contribution < -0.4 is 4.74 Å². The normalized spacial score (nSPS) is 14.0. The van der Waals surface area contributed by atoms with Crippen LogP contribution in [0, 0.1) is 16.7 Å². The second kappa shape index (κ2) is 5.82. The highest BCUT2D eigenvalue weighted by atomic mass is 16.5. The van der Waals surface area contributed by atoms with E-state index in [1.165, 1.54) is 0 Å². The lowest BCUT2D eigenvalue weighted by molar-refractivity contribution is -0.0262. The van der Waals surface area contributed by atoms with Crippen molar-refractivity contribution in [3.8, 4) is 11.8 Å². The van der Waals surface area contributed by atoms with Crippen molar-refractivity contribution < 1.29 is 9.84 Å². The molecular weight excluding hydrogens is 274 g/mol. The van der Waals surface area contributed by atoms with E-state index < -0.39 is 11.0 Å². The Balaban J connectivity index is 2.80. The Labute approximate surface area is 131 Å². The van der Waals surface area contributed by atoms with Gasteiger partial charge in [-0.05, 0) is 29.2 Å². The van der Waals surface area contributed by atoms with Crippen LogP contribution in [0.2, 0.25) is 0 Å². The minimum Gasteiger partial charge on any atom is -0.497 e. The van der Waals surface area contributed by atoms with Crippen LogP contribution in [0.5, 0.6) is 5.75 Å². The number of nitrogens with zero attached hydrogens (tertiary/aromatic N) is 1. The molecule has 0 aromatic heterocycles. The first-order valence-electron chi connectivity index (χ1n) is 7.21. The molecule has 0 heterocycles. The average molecular weight is 295 g/mol. The summed E-state index contributed by atoms with van der Waals surface area (Å²) in [5.41, 5.74) is -0.0393. The van der Waals surface area contributed by atoms with E-state index in [0.29, 0.717) is 16.9 Å². The number of benzene rings is 2. The van der Waals surface area contributed by atoms with Gasteiger partial charge in [-0.1, -0.05) is 51.1 Å². The lowest BCUT2D eigenvalue weighted by Crippen LogP contribution is -2.41. The zero-order valence-electron chi connectivity index (χ0n) is 13.4. The van der Waals surface area contributed by atoms with Crippen LogP contribution in [0.3, 0.4) is 0 Å². The van der Waals surface area contributed by atoms with Crippen LogP contribution in [0.4, 0.5) is 0 Å². The van der Waals surface area contributed by atoms with Crippen LogP contribution in [0.15, 0.2) is 48.5 Å². The van der Waals surface area contributed by atoms with E-state index in [9.17, 15) is 10.4 Å². The number of hydrogen-bond acceptors (Lipinski definition) is 3. The van der Waals surface area contributed by atoms with Gasteiger partial charge in [-0.2, -0.15) is 5.26 Å². The third-order valence-corrected chi connectivity index (χ3v) is 4.01. The fourth-order valence-corrected chi connectivity index (χ4v) is 2.72. The summed E-state index contributed by atoms with van der Waals surface area (Å²) < 4.78 is 5.28. The van der Waals surface area contributed by atoms with E-state index in [4.69, 9.17) is 4.74 Å². The fourth-order valence-electron chi connectivity index (χ4n) is 2.72. The van der Waals surface area contributed by atoms with E-state index >= 15 is 0 Å². The Morgan fingerprint density at radius 3 is 2.18 bits per heavy atom. The number of hydrogen-bond donors (Lipinski definition) is 1. The molecule has 0 saturated carbocycles. The number of aliphatic hydroxyl groups is 1. The van der Waals surface area contributed by atoms with Crippen molar-refractivity contribution in [3.63, 3.8) is 0 Å². The van der Waals surface area contributed by atoms with Gasteiger partial charge in [-0.15, -0.1) is 0 Å². The van der Waals surface area contributed by atoms with Crippen molar-refractivity contribution in [1.29, 1.82) is 5.26 Å². The summed E-state index contributed by atoms with van der Waals surface area (Å²) in [6.07, 6.45) is 0. The van der Waals surface area contributed by atoms with Crippen molar-refractivity contribution in [2.75, 3.05) is 7.11 Å². The summed E-state index contributed by atoms with van der Waals surface area (Å²) >= 11 is 0. The van der Waals surface area contributed by atoms with Gasteiger partial charge in [-0.3, -0.25) is 0 Å². The van der Waals surface area contributed by atoms with E-state index in [1.807, 2.05) is 51.1 Å². The van der Waals surface area contributed by atoms with E-state index in [-0.39, 0.29) is 0 Å². The highest BCUT2D eigenvalue weighted by molar-refractivity contribution is 5.51. The van der Waals surface area contributed by atoms with Gasteiger partial charge in [0.1, 0.15) is 11.4 Å². The number of nitriles is 1. The molecule has 2 aromatic carbocycles. The standard InChI is InChI=1S/C19H21NO2/c1-18(2,3)19(21,15-8-6-5-7-9-15)17-12-16(22-4)11-10-14(17)13-20/h5-12,21H,1-4H3. The number of methoxy groups -OCH3 is 1. The summed E-state index contributed by atoms with van der Waals surface area (Å²) in [6, 6.07) is 16.8. The van der Waals surface area contributed by atoms with Gasteiger partial charge in [0.15, 0.2) is 0 Å². The molecule has 0 bridgehead atoms. The predicted octanol–water partition coefficient (Wildman–Crippen LogP) is 3.85. The molecule has 0 radical (unpaired) electrons. The zero-order valence-corrected chi connectivity index (χ0v) is 13.4. The maximum atomic E-state index is 11.6. The second-order valence-electron chi connectivity index (χ2n) is 6.35. The second-order valence-corrected chi connectivity index (χ2v) is 6.35. The van der Waals surface area contributed by atoms with Crippen LogP contribution >= 0.6 is 0 Å². The van der Waals surface area contributed by atoms with Gasteiger partial charge in [0.2, 0.25) is 0 Å². The minimum atomic E-state index is -1.30. The van der Waals surface area contributed by atoms with E-state index in [2.05, 4.69) is 6.07 Å². The van der Waals surface area contributed by atoms with Crippen molar-refractivity contribution >= 4 is 0 Å². The molecule has 0 fully saturated rings. The maximum Gasteiger partial charge on any atom is 0.121 e. The van der Waals surface area contributed by atoms with Crippen LogP contribution in [0.25, 0.3) is 0 Å². The van der Waals surface area contributed by atoms with Crippen molar-refractivity contribution in [2.45, 2.75) is 26.4 Å². The van der Waals surface area contributed by atoms with Gasteiger partial charge in [-0.25, -0.2) is 0 Å². The Kier molecular flexibility index (Phi) is 4.25. The van der Waals surface area contributed by atoms with Gasteiger partial charge < -0.3 is 9.84 Å². The van der Waals surface area contributed by atoms with Crippen LogP contribution in [0.1, 0.15) is 37.5 Å². The molecule has 0 aliphatic carbocycles. The SMILES string of the molecule is COc1ccc(C#N)c(C(O)(c2ccccc2)C(C)(C)C)c1. The zero-order chi connectivity index (χ0) is 16.4. The smallest absolute Gasteiger partial charge is 0.121 e. The predicted molar refractivity (Wildman–Crippen MR) is 86.6 cm³/mol. The third kappa shape index (κ3) is 2.58.